The van der Waals surface area contributed by atoms with Crippen LogP contribution in [0.25, 0.3) is 0 Å². The van der Waals surface area contributed by atoms with Crippen LogP contribution in [0.3, 0.4) is 0 Å². The van der Waals surface area contributed by atoms with Crippen molar-refractivity contribution in [2.75, 3.05) is 11.1 Å². The summed E-state index contributed by atoms with van der Waals surface area (Å²) in [5, 5.41) is 2.87. The van der Waals surface area contributed by atoms with Gasteiger partial charge in [0.05, 0.1) is 21.5 Å². The van der Waals surface area contributed by atoms with Crippen molar-refractivity contribution in [1.82, 2.24) is 9.97 Å². The number of hydrogen-bond acceptors (Lipinski definition) is 4. The Hall–Kier alpha value is -1.22. The summed E-state index contributed by atoms with van der Waals surface area (Å²) in [6.07, 6.45) is -3.60. The summed E-state index contributed by atoms with van der Waals surface area (Å²) in [7, 11) is 0. The Morgan fingerprint density at radius 2 is 1.83 bits per heavy atom. The number of carbonyl (C=O) groups excluding carboxylic acids is 1. The Bertz CT molecular complexity index is 751. The lowest BCUT2D eigenvalue weighted by molar-refractivity contribution is -0.141. The molecule has 24 heavy (non-hydrogen) atoms. The van der Waals surface area contributed by atoms with Gasteiger partial charge in [-0.05, 0) is 18.2 Å². The molecule has 0 aliphatic carbocycles. The maximum Gasteiger partial charge on any atom is 0.433 e. The quantitative estimate of drug-likeness (QED) is 0.551. The third-order valence-corrected chi connectivity index (χ3v) is 4.20. The van der Waals surface area contributed by atoms with Gasteiger partial charge in [-0.1, -0.05) is 46.6 Å². The molecule has 11 heteroatoms. The van der Waals surface area contributed by atoms with Crippen LogP contribution in [0.4, 0.5) is 18.9 Å². The molecule has 0 radical (unpaired) electrons. The third-order valence-electron chi connectivity index (χ3n) is 2.53. The van der Waals surface area contributed by atoms with Crippen LogP contribution >= 0.6 is 46.6 Å². The van der Waals surface area contributed by atoms with Crippen molar-refractivity contribution < 1.29 is 18.0 Å². The van der Waals surface area contributed by atoms with Gasteiger partial charge < -0.3 is 5.32 Å². The first-order chi connectivity index (χ1) is 11.2. The number of benzene rings is 1. The average molecular weight is 417 g/mol. The first-order valence-electron chi connectivity index (χ1n) is 6.14. The number of aromatic nitrogens is 2. The summed E-state index contributed by atoms with van der Waals surface area (Å²) in [5.74, 6) is -0.761. The molecule has 1 heterocycles. The molecule has 128 valence electrons. The van der Waals surface area contributed by atoms with E-state index in [1.165, 1.54) is 12.1 Å². The molecule has 1 N–H and O–H groups in total. The molecule has 0 saturated heterocycles. The predicted molar refractivity (Wildman–Crippen MR) is 87.9 cm³/mol. The highest BCUT2D eigenvalue weighted by molar-refractivity contribution is 7.99. The second-order valence-electron chi connectivity index (χ2n) is 4.30. The number of carbonyl (C=O) groups is 1. The number of amides is 1. The molecule has 2 aromatic rings. The van der Waals surface area contributed by atoms with Crippen LogP contribution < -0.4 is 5.32 Å². The van der Waals surface area contributed by atoms with Gasteiger partial charge in [-0.15, -0.1) is 0 Å². The molecule has 0 fully saturated rings. The minimum absolute atomic E-state index is 0.140. The van der Waals surface area contributed by atoms with Gasteiger partial charge in [0.15, 0.2) is 5.16 Å². The van der Waals surface area contributed by atoms with E-state index in [1.54, 1.807) is 0 Å². The Labute approximate surface area is 153 Å². The molecule has 1 aromatic carbocycles. The zero-order valence-corrected chi connectivity index (χ0v) is 14.6. The standard InChI is InChI=1S/C13H7Cl3F3N3OS/c14-6-3-7(15)11(8(16)4-6)22-10(23)5-24-12-20-2-1-9(21-12)13(17,18)19/h1-4H,5H2,(H,22,23). The third kappa shape index (κ3) is 5.14. The summed E-state index contributed by atoms with van der Waals surface area (Å²) in [6, 6.07) is 3.54. The number of alkyl halides is 3. The van der Waals surface area contributed by atoms with Crippen LogP contribution in [0.1, 0.15) is 5.69 Å². The normalized spacial score (nSPS) is 11.4. The molecule has 4 nitrogen and oxygen atoms in total. The maximum absolute atomic E-state index is 12.6. The van der Waals surface area contributed by atoms with Crippen LogP contribution in [-0.2, 0) is 11.0 Å². The van der Waals surface area contributed by atoms with Crippen molar-refractivity contribution in [3.05, 3.63) is 45.2 Å². The highest BCUT2D eigenvalue weighted by Gasteiger charge is 2.32. The predicted octanol–water partition coefficient (Wildman–Crippen LogP) is 5.19. The molecule has 0 aliphatic rings. The van der Waals surface area contributed by atoms with Gasteiger partial charge in [-0.2, -0.15) is 13.2 Å². The fourth-order valence-electron chi connectivity index (χ4n) is 1.54. The van der Waals surface area contributed by atoms with Gasteiger partial charge in [0.25, 0.3) is 0 Å². The summed E-state index contributed by atoms with van der Waals surface area (Å²) in [6.45, 7) is 0. The molecule has 2 rings (SSSR count). The highest BCUT2D eigenvalue weighted by Crippen LogP contribution is 2.34. The molecule has 0 bridgehead atoms. The fourth-order valence-corrected chi connectivity index (χ4v) is 3.08. The average Bonchev–Trinajstić information content (AvgIpc) is 2.48. The van der Waals surface area contributed by atoms with E-state index in [-0.39, 0.29) is 26.6 Å². The van der Waals surface area contributed by atoms with Gasteiger partial charge in [-0.3, -0.25) is 4.79 Å². The van der Waals surface area contributed by atoms with E-state index in [2.05, 4.69) is 15.3 Å². The van der Waals surface area contributed by atoms with Gasteiger partial charge in [0, 0.05) is 11.2 Å². The van der Waals surface area contributed by atoms with Crippen LogP contribution in [0.2, 0.25) is 15.1 Å². The van der Waals surface area contributed by atoms with E-state index in [0.29, 0.717) is 5.02 Å². The molecule has 0 spiro atoms. The number of rotatable bonds is 4. The lowest BCUT2D eigenvalue weighted by Crippen LogP contribution is -2.15. The van der Waals surface area contributed by atoms with Crippen LogP contribution in [-0.4, -0.2) is 21.6 Å². The zero-order valence-electron chi connectivity index (χ0n) is 11.5. The van der Waals surface area contributed by atoms with Crippen molar-refractivity contribution in [3.8, 4) is 0 Å². The number of thioether (sulfide) groups is 1. The van der Waals surface area contributed by atoms with Gasteiger partial charge in [0.2, 0.25) is 5.91 Å². The van der Waals surface area contributed by atoms with Crippen LogP contribution in [0, 0.1) is 0 Å². The number of halogens is 6. The molecular weight excluding hydrogens is 410 g/mol. The monoisotopic (exact) mass is 415 g/mol. The Kier molecular flexibility index (Phi) is 6.19. The number of hydrogen-bond donors (Lipinski definition) is 1. The first kappa shape index (κ1) is 19.1. The van der Waals surface area contributed by atoms with E-state index >= 15 is 0 Å². The minimum atomic E-state index is -4.58. The molecule has 1 aromatic heterocycles. The first-order valence-corrected chi connectivity index (χ1v) is 8.26. The van der Waals surface area contributed by atoms with Gasteiger partial charge in [-0.25, -0.2) is 9.97 Å². The van der Waals surface area contributed by atoms with Crippen LogP contribution in [0.5, 0.6) is 0 Å². The Balaban J connectivity index is 2.02. The summed E-state index contributed by atoms with van der Waals surface area (Å²) < 4.78 is 37.7. The second kappa shape index (κ2) is 7.77. The molecule has 1 amide bonds. The second-order valence-corrected chi connectivity index (χ2v) is 6.50. The van der Waals surface area contributed by atoms with Crippen LogP contribution in [0.15, 0.2) is 29.6 Å². The lowest BCUT2D eigenvalue weighted by atomic mass is 10.3. The highest BCUT2D eigenvalue weighted by atomic mass is 35.5. The van der Waals surface area contributed by atoms with E-state index in [1.807, 2.05) is 0 Å². The fraction of sp³-hybridized carbons (Fsp3) is 0.154. The SMILES string of the molecule is O=C(CSc1nccc(C(F)(F)F)n1)Nc1c(Cl)cc(Cl)cc1Cl. The van der Waals surface area contributed by atoms with E-state index in [9.17, 15) is 18.0 Å². The maximum atomic E-state index is 12.6. The van der Waals surface area contributed by atoms with Crippen molar-refractivity contribution in [2.45, 2.75) is 11.3 Å². The Morgan fingerprint density at radius 3 is 2.42 bits per heavy atom. The summed E-state index contributed by atoms with van der Waals surface area (Å²) >= 11 is 18.4. The van der Waals surface area contributed by atoms with Gasteiger partial charge >= 0.3 is 6.18 Å². The van der Waals surface area contributed by atoms with Crippen molar-refractivity contribution >= 4 is 58.2 Å². The van der Waals surface area contributed by atoms with Crippen molar-refractivity contribution in [2.24, 2.45) is 0 Å². The number of nitrogens with one attached hydrogen (secondary N) is 1. The largest absolute Gasteiger partial charge is 0.433 e. The topological polar surface area (TPSA) is 54.9 Å². The number of nitrogens with zero attached hydrogens (tertiary/aromatic N) is 2. The minimum Gasteiger partial charge on any atom is -0.323 e. The van der Waals surface area contributed by atoms with Crippen molar-refractivity contribution in [3.63, 3.8) is 0 Å². The zero-order chi connectivity index (χ0) is 17.9. The molecule has 0 aliphatic heterocycles. The molecular formula is C13H7Cl3F3N3OS. The van der Waals surface area contributed by atoms with E-state index < -0.39 is 17.8 Å². The Morgan fingerprint density at radius 1 is 1.21 bits per heavy atom. The lowest BCUT2D eigenvalue weighted by Gasteiger charge is -2.10. The van der Waals surface area contributed by atoms with E-state index in [4.69, 9.17) is 34.8 Å². The molecule has 0 unspecified atom stereocenters. The summed E-state index contributed by atoms with van der Waals surface area (Å²) in [4.78, 5) is 18.9. The smallest absolute Gasteiger partial charge is 0.323 e. The van der Waals surface area contributed by atoms with Gasteiger partial charge in [0.1, 0.15) is 5.69 Å². The van der Waals surface area contributed by atoms with E-state index in [0.717, 1.165) is 24.0 Å². The molecule has 0 saturated carbocycles. The molecule has 0 atom stereocenters. The number of anilines is 1. The van der Waals surface area contributed by atoms with Crippen molar-refractivity contribution in [1.29, 1.82) is 0 Å². The summed E-state index contributed by atoms with van der Waals surface area (Å²) in [5.41, 5.74) is -0.914.